The maximum Gasteiger partial charge on any atom is 0.252 e. The summed E-state index contributed by atoms with van der Waals surface area (Å²) in [6.07, 6.45) is 3.30. The molecular formula is C23H30N2O3S. The Bertz CT molecular complexity index is 827. The third-order valence-corrected chi connectivity index (χ3v) is 7.14. The second-order valence-corrected chi connectivity index (χ2v) is 9.01. The van der Waals surface area contributed by atoms with E-state index in [1.54, 1.807) is 18.4 Å². The zero-order valence-corrected chi connectivity index (χ0v) is 18.1. The zero-order valence-electron chi connectivity index (χ0n) is 17.3. The average Bonchev–Trinajstić information content (AvgIpc) is 3.18. The van der Waals surface area contributed by atoms with Crippen molar-refractivity contribution in [2.45, 2.75) is 32.2 Å². The van der Waals surface area contributed by atoms with Crippen LogP contribution in [0.4, 0.5) is 0 Å². The van der Waals surface area contributed by atoms with Crippen molar-refractivity contribution in [1.29, 1.82) is 0 Å². The zero-order chi connectivity index (χ0) is 20.2. The van der Waals surface area contributed by atoms with E-state index < -0.39 is 0 Å². The molecule has 0 saturated carbocycles. The number of carbonyl (C=O) groups excluding carboxylic acids is 1. The third kappa shape index (κ3) is 4.65. The summed E-state index contributed by atoms with van der Waals surface area (Å²) in [6, 6.07) is 8.29. The topological polar surface area (TPSA) is 50.8 Å². The molecule has 1 aliphatic carbocycles. The molecule has 0 bridgehead atoms. The van der Waals surface area contributed by atoms with Crippen molar-refractivity contribution in [1.82, 2.24) is 10.2 Å². The highest BCUT2D eigenvalue weighted by Gasteiger charge is 2.26. The van der Waals surface area contributed by atoms with Gasteiger partial charge in [-0.3, -0.25) is 9.69 Å². The van der Waals surface area contributed by atoms with Gasteiger partial charge in [0.15, 0.2) is 0 Å². The maximum absolute atomic E-state index is 13.0. The normalized spacial score (nSPS) is 20.7. The van der Waals surface area contributed by atoms with Crippen LogP contribution in [0.5, 0.6) is 5.75 Å². The molecule has 2 heterocycles. The first kappa shape index (κ1) is 20.4. The molecule has 29 heavy (non-hydrogen) atoms. The van der Waals surface area contributed by atoms with E-state index in [-0.39, 0.29) is 11.9 Å². The molecule has 4 rings (SSSR count). The fourth-order valence-electron chi connectivity index (χ4n) is 4.33. The Labute approximate surface area is 177 Å². The van der Waals surface area contributed by atoms with Gasteiger partial charge >= 0.3 is 0 Å². The lowest BCUT2D eigenvalue weighted by molar-refractivity contribution is 0.0162. The summed E-state index contributed by atoms with van der Waals surface area (Å²) in [6.45, 7) is 6.10. The molecule has 2 aliphatic rings. The number of amides is 1. The van der Waals surface area contributed by atoms with Gasteiger partial charge in [0.1, 0.15) is 5.75 Å². The largest absolute Gasteiger partial charge is 0.497 e. The van der Waals surface area contributed by atoms with Crippen LogP contribution in [-0.4, -0.2) is 50.8 Å². The SMILES string of the molecule is COc1ccc(C(CNC(=O)c2csc3c2CCC(C)C3)N2CCOCC2)cc1. The number of rotatable bonds is 6. The molecule has 1 N–H and O–H groups in total. The molecule has 1 saturated heterocycles. The smallest absolute Gasteiger partial charge is 0.252 e. The number of morpholine rings is 1. The van der Waals surface area contributed by atoms with Crippen LogP contribution in [0.3, 0.4) is 0 Å². The van der Waals surface area contributed by atoms with E-state index in [0.29, 0.717) is 6.54 Å². The first-order chi connectivity index (χ1) is 14.2. The predicted octanol–water partition coefficient (Wildman–Crippen LogP) is 3.68. The number of benzene rings is 1. The number of methoxy groups -OCH3 is 1. The number of ether oxygens (including phenoxy) is 2. The van der Waals surface area contributed by atoms with Crippen LogP contribution < -0.4 is 10.1 Å². The number of hydrogen-bond acceptors (Lipinski definition) is 5. The van der Waals surface area contributed by atoms with E-state index in [9.17, 15) is 4.79 Å². The van der Waals surface area contributed by atoms with Crippen molar-refractivity contribution in [2.24, 2.45) is 5.92 Å². The number of carbonyl (C=O) groups is 1. The molecular weight excluding hydrogens is 384 g/mol. The molecule has 2 atom stereocenters. The Kier molecular flexibility index (Phi) is 6.53. The lowest BCUT2D eigenvalue weighted by Crippen LogP contribution is -2.43. The second-order valence-electron chi connectivity index (χ2n) is 8.05. The molecule has 1 aliphatic heterocycles. The summed E-state index contributed by atoms with van der Waals surface area (Å²) >= 11 is 1.75. The molecule has 6 heteroatoms. The number of nitrogens with one attached hydrogen (secondary N) is 1. The highest BCUT2D eigenvalue weighted by atomic mass is 32.1. The van der Waals surface area contributed by atoms with Crippen LogP contribution in [0.2, 0.25) is 0 Å². The minimum Gasteiger partial charge on any atom is -0.497 e. The molecule has 0 spiro atoms. The van der Waals surface area contributed by atoms with Gasteiger partial charge in [-0.1, -0.05) is 19.1 Å². The van der Waals surface area contributed by atoms with Gasteiger partial charge in [-0.25, -0.2) is 0 Å². The van der Waals surface area contributed by atoms with Crippen molar-refractivity contribution < 1.29 is 14.3 Å². The van der Waals surface area contributed by atoms with Gasteiger partial charge in [-0.15, -0.1) is 11.3 Å². The highest BCUT2D eigenvalue weighted by molar-refractivity contribution is 7.10. The van der Waals surface area contributed by atoms with Crippen LogP contribution in [0.1, 0.15) is 45.7 Å². The molecule has 156 valence electrons. The number of fused-ring (bicyclic) bond motifs is 1. The minimum atomic E-state index is 0.0591. The molecule has 1 fully saturated rings. The summed E-state index contributed by atoms with van der Waals surface area (Å²) < 4.78 is 10.8. The van der Waals surface area contributed by atoms with Crippen LogP contribution in [0, 0.1) is 5.92 Å². The summed E-state index contributed by atoms with van der Waals surface area (Å²) in [4.78, 5) is 16.8. The first-order valence-electron chi connectivity index (χ1n) is 10.5. The van der Waals surface area contributed by atoms with Crippen molar-refractivity contribution >= 4 is 17.2 Å². The average molecular weight is 415 g/mol. The van der Waals surface area contributed by atoms with Gasteiger partial charge in [0.25, 0.3) is 5.91 Å². The van der Waals surface area contributed by atoms with Gasteiger partial charge < -0.3 is 14.8 Å². The van der Waals surface area contributed by atoms with Crippen molar-refractivity contribution in [2.75, 3.05) is 40.0 Å². The number of nitrogens with zero attached hydrogens (tertiary/aromatic N) is 1. The van der Waals surface area contributed by atoms with E-state index in [4.69, 9.17) is 9.47 Å². The monoisotopic (exact) mass is 414 g/mol. The van der Waals surface area contributed by atoms with Crippen molar-refractivity contribution in [3.63, 3.8) is 0 Å². The standard InChI is InChI=1S/C23H30N2O3S/c1-16-3-8-19-20(15-29-22(19)13-16)23(26)24-14-21(25-9-11-28-12-10-25)17-4-6-18(27-2)7-5-17/h4-7,15-16,21H,3,8-14H2,1-2H3,(H,24,26). The maximum atomic E-state index is 13.0. The van der Waals surface area contributed by atoms with E-state index in [1.165, 1.54) is 22.4 Å². The molecule has 2 unspecified atom stereocenters. The molecule has 1 aromatic heterocycles. The van der Waals surface area contributed by atoms with Crippen LogP contribution in [0.25, 0.3) is 0 Å². The molecule has 5 nitrogen and oxygen atoms in total. The van der Waals surface area contributed by atoms with Gasteiger partial charge in [-0.05, 0) is 48.4 Å². The number of thiophene rings is 1. The lowest BCUT2D eigenvalue weighted by Gasteiger charge is -2.35. The first-order valence-corrected chi connectivity index (χ1v) is 11.4. The minimum absolute atomic E-state index is 0.0591. The Morgan fingerprint density at radius 3 is 2.79 bits per heavy atom. The van der Waals surface area contributed by atoms with Crippen LogP contribution >= 0.6 is 11.3 Å². The van der Waals surface area contributed by atoms with Gasteiger partial charge in [0, 0.05) is 29.9 Å². The fourth-order valence-corrected chi connectivity index (χ4v) is 5.57. The predicted molar refractivity (Wildman–Crippen MR) is 116 cm³/mol. The Hall–Kier alpha value is -1.89. The van der Waals surface area contributed by atoms with Crippen molar-refractivity contribution in [3.05, 3.63) is 51.2 Å². The highest BCUT2D eigenvalue weighted by Crippen LogP contribution is 2.33. The van der Waals surface area contributed by atoms with Gasteiger partial charge in [0.05, 0.1) is 31.9 Å². The quantitative estimate of drug-likeness (QED) is 0.783. The van der Waals surface area contributed by atoms with E-state index in [1.807, 2.05) is 12.1 Å². The summed E-state index contributed by atoms with van der Waals surface area (Å²) in [5.41, 5.74) is 3.35. The Morgan fingerprint density at radius 1 is 1.31 bits per heavy atom. The van der Waals surface area contributed by atoms with E-state index in [0.717, 1.165) is 56.4 Å². The van der Waals surface area contributed by atoms with Gasteiger partial charge in [0.2, 0.25) is 0 Å². The molecule has 1 aromatic carbocycles. The lowest BCUT2D eigenvalue weighted by atomic mass is 9.88. The van der Waals surface area contributed by atoms with Crippen LogP contribution in [0.15, 0.2) is 29.6 Å². The van der Waals surface area contributed by atoms with E-state index >= 15 is 0 Å². The van der Waals surface area contributed by atoms with Gasteiger partial charge in [-0.2, -0.15) is 0 Å². The third-order valence-electron chi connectivity index (χ3n) is 6.09. The Balaban J connectivity index is 1.48. The summed E-state index contributed by atoms with van der Waals surface area (Å²) in [5.74, 6) is 1.62. The molecule has 0 radical (unpaired) electrons. The molecule has 1 amide bonds. The van der Waals surface area contributed by atoms with E-state index in [2.05, 4.69) is 34.7 Å². The number of hydrogen-bond donors (Lipinski definition) is 1. The molecule has 2 aromatic rings. The summed E-state index contributed by atoms with van der Waals surface area (Å²) in [7, 11) is 1.68. The van der Waals surface area contributed by atoms with Crippen LogP contribution in [-0.2, 0) is 17.6 Å². The second kappa shape index (κ2) is 9.28. The Morgan fingerprint density at radius 2 is 2.07 bits per heavy atom. The van der Waals surface area contributed by atoms with Crippen molar-refractivity contribution in [3.8, 4) is 5.75 Å². The summed E-state index contributed by atoms with van der Waals surface area (Å²) in [5, 5.41) is 5.28. The fraction of sp³-hybridized carbons (Fsp3) is 0.522.